The van der Waals surface area contributed by atoms with E-state index in [1.54, 1.807) is 0 Å². The van der Waals surface area contributed by atoms with Crippen molar-refractivity contribution in [1.29, 1.82) is 0 Å². The predicted octanol–water partition coefficient (Wildman–Crippen LogP) is 3.01. The van der Waals surface area contributed by atoms with Crippen LogP contribution in [0.2, 0.25) is 0 Å². The Bertz CT molecular complexity index is 546. The summed E-state index contributed by atoms with van der Waals surface area (Å²) in [6.45, 7) is 7.69. The zero-order valence-corrected chi connectivity index (χ0v) is 13.7. The van der Waals surface area contributed by atoms with Gasteiger partial charge in [0.05, 0.1) is 6.42 Å². The first-order chi connectivity index (χ1) is 9.31. The molecule has 0 spiro atoms. The molecule has 0 radical (unpaired) electrons. The van der Waals surface area contributed by atoms with Crippen LogP contribution >= 0.6 is 15.9 Å². The van der Waals surface area contributed by atoms with Crippen molar-refractivity contribution in [2.24, 2.45) is 0 Å². The standard InChI is InChI=1S/C15H19BrN2O2/c1-8(2)18-13(19)7-12(15(18)20)17-14-9(3)5-11(16)6-10(14)4/h5-6,8,12,17H,7H2,1-4H3. The number of imide groups is 1. The minimum Gasteiger partial charge on any atom is -0.373 e. The second kappa shape index (κ2) is 5.56. The number of halogens is 1. The van der Waals surface area contributed by atoms with E-state index in [4.69, 9.17) is 0 Å². The van der Waals surface area contributed by atoms with Crippen molar-refractivity contribution < 1.29 is 9.59 Å². The van der Waals surface area contributed by atoms with Gasteiger partial charge in [0.2, 0.25) is 5.91 Å². The van der Waals surface area contributed by atoms with E-state index in [1.165, 1.54) is 4.90 Å². The average molecular weight is 339 g/mol. The Morgan fingerprint density at radius 2 is 1.80 bits per heavy atom. The molecule has 1 aromatic rings. The first kappa shape index (κ1) is 15.0. The van der Waals surface area contributed by atoms with Gasteiger partial charge in [-0.2, -0.15) is 0 Å². The molecule has 4 nitrogen and oxygen atoms in total. The molecule has 5 heteroatoms. The fourth-order valence-electron chi connectivity index (χ4n) is 2.62. The predicted molar refractivity (Wildman–Crippen MR) is 82.6 cm³/mol. The van der Waals surface area contributed by atoms with E-state index in [-0.39, 0.29) is 24.3 Å². The SMILES string of the molecule is Cc1cc(Br)cc(C)c1NC1CC(=O)N(C(C)C)C1=O. The number of hydrogen-bond acceptors (Lipinski definition) is 3. The first-order valence-corrected chi connectivity index (χ1v) is 7.49. The molecule has 1 atom stereocenters. The number of anilines is 1. The second-order valence-electron chi connectivity index (χ2n) is 5.51. The highest BCUT2D eigenvalue weighted by molar-refractivity contribution is 9.10. The third-order valence-electron chi connectivity index (χ3n) is 3.52. The van der Waals surface area contributed by atoms with Crippen molar-refractivity contribution in [1.82, 2.24) is 4.90 Å². The molecule has 0 bridgehead atoms. The zero-order chi connectivity index (χ0) is 15.0. The smallest absolute Gasteiger partial charge is 0.252 e. The van der Waals surface area contributed by atoms with E-state index in [0.717, 1.165) is 21.3 Å². The largest absolute Gasteiger partial charge is 0.373 e. The molecule has 1 N–H and O–H groups in total. The van der Waals surface area contributed by atoms with Crippen LogP contribution in [-0.2, 0) is 9.59 Å². The van der Waals surface area contributed by atoms with E-state index in [9.17, 15) is 9.59 Å². The summed E-state index contributed by atoms with van der Waals surface area (Å²) in [7, 11) is 0. The summed E-state index contributed by atoms with van der Waals surface area (Å²) < 4.78 is 1.01. The van der Waals surface area contributed by atoms with E-state index in [2.05, 4.69) is 21.2 Å². The fraction of sp³-hybridized carbons (Fsp3) is 0.467. The van der Waals surface area contributed by atoms with Gasteiger partial charge in [0, 0.05) is 16.2 Å². The minimum absolute atomic E-state index is 0.0890. The number of hydrogen-bond donors (Lipinski definition) is 1. The Balaban J connectivity index is 2.24. The van der Waals surface area contributed by atoms with Gasteiger partial charge in [-0.05, 0) is 51.0 Å². The topological polar surface area (TPSA) is 49.4 Å². The molecule has 0 aliphatic carbocycles. The number of carbonyl (C=O) groups excluding carboxylic acids is 2. The summed E-state index contributed by atoms with van der Waals surface area (Å²) in [5.74, 6) is -0.235. The summed E-state index contributed by atoms with van der Waals surface area (Å²) in [6.07, 6.45) is 0.228. The van der Waals surface area contributed by atoms with Crippen molar-refractivity contribution in [3.8, 4) is 0 Å². The molecule has 1 aromatic carbocycles. The molecule has 1 unspecified atom stereocenters. The molecule has 1 saturated heterocycles. The lowest BCUT2D eigenvalue weighted by Crippen LogP contribution is -2.39. The van der Waals surface area contributed by atoms with Crippen molar-refractivity contribution in [2.75, 3.05) is 5.32 Å². The number of likely N-dealkylation sites (tertiary alicyclic amines) is 1. The number of rotatable bonds is 3. The van der Waals surface area contributed by atoms with Gasteiger partial charge in [0.15, 0.2) is 0 Å². The quantitative estimate of drug-likeness (QED) is 0.862. The summed E-state index contributed by atoms with van der Waals surface area (Å²) in [5, 5.41) is 3.24. The van der Waals surface area contributed by atoms with E-state index in [0.29, 0.717) is 0 Å². The Labute approximate surface area is 127 Å². The molecule has 0 aromatic heterocycles. The van der Waals surface area contributed by atoms with Gasteiger partial charge >= 0.3 is 0 Å². The number of amides is 2. The lowest BCUT2D eigenvalue weighted by molar-refractivity contribution is -0.140. The number of aryl methyl sites for hydroxylation is 2. The van der Waals surface area contributed by atoms with E-state index in [1.807, 2.05) is 39.8 Å². The van der Waals surface area contributed by atoms with Crippen LogP contribution in [0.25, 0.3) is 0 Å². The van der Waals surface area contributed by atoms with E-state index < -0.39 is 6.04 Å². The first-order valence-electron chi connectivity index (χ1n) is 6.70. The highest BCUT2D eigenvalue weighted by Gasteiger charge is 2.40. The van der Waals surface area contributed by atoms with Crippen LogP contribution in [0.5, 0.6) is 0 Å². The lowest BCUT2D eigenvalue weighted by Gasteiger charge is -2.20. The van der Waals surface area contributed by atoms with Crippen molar-refractivity contribution in [2.45, 2.75) is 46.2 Å². The van der Waals surface area contributed by atoms with Crippen LogP contribution in [-0.4, -0.2) is 28.8 Å². The van der Waals surface area contributed by atoms with Crippen LogP contribution in [0.1, 0.15) is 31.4 Å². The van der Waals surface area contributed by atoms with Gasteiger partial charge < -0.3 is 5.32 Å². The number of nitrogens with one attached hydrogen (secondary N) is 1. The fourth-order valence-corrected chi connectivity index (χ4v) is 3.31. The highest BCUT2D eigenvalue weighted by Crippen LogP contribution is 2.28. The third-order valence-corrected chi connectivity index (χ3v) is 3.97. The molecule has 108 valence electrons. The number of benzene rings is 1. The lowest BCUT2D eigenvalue weighted by atomic mass is 10.1. The van der Waals surface area contributed by atoms with Gasteiger partial charge in [0.1, 0.15) is 6.04 Å². The molecule has 2 amide bonds. The Kier molecular flexibility index (Phi) is 4.18. The highest BCUT2D eigenvalue weighted by atomic mass is 79.9. The Morgan fingerprint density at radius 3 is 2.25 bits per heavy atom. The maximum atomic E-state index is 12.3. The molecule has 1 fully saturated rings. The van der Waals surface area contributed by atoms with E-state index >= 15 is 0 Å². The van der Waals surface area contributed by atoms with Crippen molar-refractivity contribution >= 4 is 33.4 Å². The maximum absolute atomic E-state index is 12.3. The van der Waals surface area contributed by atoms with Gasteiger partial charge in [0.25, 0.3) is 5.91 Å². The molecule has 20 heavy (non-hydrogen) atoms. The normalized spacial score (nSPS) is 19.1. The average Bonchev–Trinajstić information content (AvgIpc) is 2.58. The molecule has 1 aliphatic rings. The zero-order valence-electron chi connectivity index (χ0n) is 12.2. The minimum atomic E-state index is -0.455. The summed E-state index contributed by atoms with van der Waals surface area (Å²) >= 11 is 3.45. The van der Waals surface area contributed by atoms with Crippen LogP contribution in [0.15, 0.2) is 16.6 Å². The summed E-state index contributed by atoms with van der Waals surface area (Å²) in [6, 6.07) is 3.45. The Morgan fingerprint density at radius 1 is 1.25 bits per heavy atom. The second-order valence-corrected chi connectivity index (χ2v) is 6.43. The van der Waals surface area contributed by atoms with Gasteiger partial charge in [-0.15, -0.1) is 0 Å². The van der Waals surface area contributed by atoms with Crippen LogP contribution in [0.3, 0.4) is 0 Å². The van der Waals surface area contributed by atoms with Gasteiger partial charge in [-0.3, -0.25) is 14.5 Å². The van der Waals surface area contributed by atoms with Gasteiger partial charge in [-0.1, -0.05) is 15.9 Å². The number of nitrogens with zero attached hydrogens (tertiary/aromatic N) is 1. The number of carbonyl (C=O) groups is 2. The van der Waals surface area contributed by atoms with Gasteiger partial charge in [-0.25, -0.2) is 0 Å². The third kappa shape index (κ3) is 2.73. The molecule has 2 rings (SSSR count). The molecule has 0 saturated carbocycles. The molecular formula is C15H19BrN2O2. The van der Waals surface area contributed by atoms with Crippen LogP contribution < -0.4 is 5.32 Å². The maximum Gasteiger partial charge on any atom is 0.252 e. The molecule has 1 aliphatic heterocycles. The van der Waals surface area contributed by atoms with Crippen LogP contribution in [0.4, 0.5) is 5.69 Å². The molecular weight excluding hydrogens is 320 g/mol. The Hall–Kier alpha value is -1.36. The van der Waals surface area contributed by atoms with Crippen molar-refractivity contribution in [3.63, 3.8) is 0 Å². The summed E-state index contributed by atoms with van der Waals surface area (Å²) in [4.78, 5) is 25.5. The van der Waals surface area contributed by atoms with Crippen molar-refractivity contribution in [3.05, 3.63) is 27.7 Å². The van der Waals surface area contributed by atoms with Crippen LogP contribution in [0, 0.1) is 13.8 Å². The molecule has 1 heterocycles. The summed E-state index contributed by atoms with van der Waals surface area (Å²) in [5.41, 5.74) is 3.05. The monoisotopic (exact) mass is 338 g/mol.